The van der Waals surface area contributed by atoms with Crippen molar-refractivity contribution in [2.45, 2.75) is 12.7 Å². The molecule has 0 unspecified atom stereocenters. The number of hydrogen-bond acceptors (Lipinski definition) is 4. The maximum absolute atomic E-state index is 11.6. The van der Waals surface area contributed by atoms with Gasteiger partial charge in [-0.1, -0.05) is 6.07 Å². The van der Waals surface area contributed by atoms with E-state index in [1.54, 1.807) is 12.1 Å². The maximum atomic E-state index is 11.6. The van der Waals surface area contributed by atoms with Gasteiger partial charge < -0.3 is 20.6 Å². The number of benzene rings is 2. The largest absolute Gasteiger partial charge is 0.446 e. The Balaban J connectivity index is 0.000000427. The average molecular weight is 443 g/mol. The van der Waals surface area contributed by atoms with Crippen LogP contribution in [0.3, 0.4) is 0 Å². The molecule has 0 bridgehead atoms. The molecule has 10 heteroatoms. The fraction of sp³-hybridized carbons (Fsp3) is 0.136. The number of aromatic nitrogens is 3. The zero-order valence-electron chi connectivity index (χ0n) is 17.0. The molecule has 7 nitrogen and oxygen atoms in total. The van der Waals surface area contributed by atoms with Crippen LogP contribution in [0.2, 0.25) is 0 Å². The van der Waals surface area contributed by atoms with Crippen LogP contribution in [0.15, 0.2) is 60.9 Å². The van der Waals surface area contributed by atoms with Crippen molar-refractivity contribution in [3.8, 4) is 17.1 Å². The van der Waals surface area contributed by atoms with E-state index in [0.717, 1.165) is 23.3 Å². The molecule has 0 saturated carbocycles. The minimum atomic E-state index is -4.64. The van der Waals surface area contributed by atoms with Gasteiger partial charge in [0.05, 0.1) is 11.1 Å². The van der Waals surface area contributed by atoms with Gasteiger partial charge in [-0.05, 0) is 55.1 Å². The number of imidazole rings is 1. The van der Waals surface area contributed by atoms with Crippen LogP contribution in [0.25, 0.3) is 28.1 Å². The zero-order chi connectivity index (χ0) is 23.3. The Morgan fingerprint density at radius 1 is 1.19 bits per heavy atom. The number of carbonyl (C=O) groups is 2. The molecule has 0 aliphatic carbocycles. The first-order chi connectivity index (χ1) is 15.2. The number of alkyl halides is 3. The van der Waals surface area contributed by atoms with Crippen molar-refractivity contribution in [2.75, 3.05) is 7.05 Å². The van der Waals surface area contributed by atoms with E-state index in [4.69, 9.17) is 10.5 Å². The Bertz CT molecular complexity index is 1230. The second kappa shape index (κ2) is 9.48. The molecule has 4 N–H and O–H groups in total. The highest BCUT2D eigenvalue weighted by Crippen LogP contribution is 2.24. The summed E-state index contributed by atoms with van der Waals surface area (Å²) in [7, 11) is 1.93. The SMILES string of the molecule is CNCc1ccn(-c2ccc(-c3nc4c(C(N)=O)cccc4[nH]3)cc2)c1.O=CC(F)(F)F. The number of fused-ring (bicyclic) bond motifs is 1. The van der Waals surface area contributed by atoms with Crippen LogP contribution in [-0.4, -0.2) is 40.0 Å². The quantitative estimate of drug-likeness (QED) is 0.410. The predicted octanol–water partition coefficient (Wildman–Crippen LogP) is 3.59. The Hall–Kier alpha value is -3.92. The molecule has 2 aromatic carbocycles. The molecule has 4 aromatic rings. The first-order valence-corrected chi connectivity index (χ1v) is 9.45. The molecule has 166 valence electrons. The number of H-pyrrole nitrogens is 1. The predicted molar refractivity (Wildman–Crippen MR) is 114 cm³/mol. The van der Waals surface area contributed by atoms with Crippen LogP contribution < -0.4 is 11.1 Å². The lowest BCUT2D eigenvalue weighted by Crippen LogP contribution is -2.11. The molecule has 0 saturated heterocycles. The molecule has 4 rings (SSSR count). The van der Waals surface area contributed by atoms with Crippen LogP contribution in [0.5, 0.6) is 0 Å². The number of nitrogens with one attached hydrogen (secondary N) is 2. The number of hydrogen-bond donors (Lipinski definition) is 3. The van der Waals surface area contributed by atoms with Crippen molar-refractivity contribution >= 4 is 23.2 Å². The smallest absolute Gasteiger partial charge is 0.366 e. The summed E-state index contributed by atoms with van der Waals surface area (Å²) in [5, 5.41) is 3.15. The molecule has 0 radical (unpaired) electrons. The number of aromatic amines is 1. The summed E-state index contributed by atoms with van der Waals surface area (Å²) in [5.74, 6) is 0.234. The first kappa shape index (κ1) is 22.8. The van der Waals surface area contributed by atoms with Crippen LogP contribution >= 0.6 is 0 Å². The minimum absolute atomic E-state index is 0.422. The molecule has 2 aromatic heterocycles. The second-order valence-electron chi connectivity index (χ2n) is 6.82. The second-order valence-corrected chi connectivity index (χ2v) is 6.82. The number of primary amides is 1. The van der Waals surface area contributed by atoms with Gasteiger partial charge in [0.15, 0.2) is 0 Å². The third-order valence-electron chi connectivity index (χ3n) is 4.49. The molecule has 0 atom stereocenters. The summed E-state index contributed by atoms with van der Waals surface area (Å²) in [6.07, 6.45) is -1.55. The van der Waals surface area contributed by atoms with Gasteiger partial charge in [-0.15, -0.1) is 0 Å². The summed E-state index contributed by atoms with van der Waals surface area (Å²) in [6.45, 7) is 0.840. The van der Waals surface area contributed by atoms with Gasteiger partial charge in [0, 0.05) is 30.2 Å². The average Bonchev–Trinajstić information content (AvgIpc) is 3.41. The van der Waals surface area contributed by atoms with Crippen molar-refractivity contribution in [1.29, 1.82) is 0 Å². The fourth-order valence-corrected chi connectivity index (χ4v) is 3.07. The molecule has 0 spiro atoms. The number of nitrogens with zero attached hydrogens (tertiary/aromatic N) is 2. The van der Waals surface area contributed by atoms with E-state index in [0.29, 0.717) is 16.9 Å². The van der Waals surface area contributed by atoms with Crippen molar-refractivity contribution < 1.29 is 22.8 Å². The van der Waals surface area contributed by atoms with Gasteiger partial charge >= 0.3 is 6.18 Å². The number of amides is 1. The molecular weight excluding hydrogens is 423 g/mol. The minimum Gasteiger partial charge on any atom is -0.366 e. The van der Waals surface area contributed by atoms with Gasteiger partial charge in [-0.25, -0.2) is 4.98 Å². The number of carbonyl (C=O) groups excluding carboxylic acids is 2. The Kier molecular flexibility index (Phi) is 6.74. The molecule has 0 aliphatic rings. The van der Waals surface area contributed by atoms with Crippen LogP contribution in [0.4, 0.5) is 13.2 Å². The number of rotatable bonds is 5. The Morgan fingerprint density at radius 2 is 1.88 bits per heavy atom. The molecule has 1 amide bonds. The lowest BCUT2D eigenvalue weighted by molar-refractivity contribution is -0.156. The summed E-state index contributed by atoms with van der Waals surface area (Å²) in [6, 6.07) is 15.6. The summed E-state index contributed by atoms with van der Waals surface area (Å²) >= 11 is 0. The Labute approximate surface area is 181 Å². The van der Waals surface area contributed by atoms with E-state index in [1.165, 1.54) is 5.56 Å². The van der Waals surface area contributed by atoms with E-state index < -0.39 is 18.4 Å². The number of aldehydes is 1. The lowest BCUT2D eigenvalue weighted by Gasteiger charge is -2.04. The van der Waals surface area contributed by atoms with E-state index >= 15 is 0 Å². The molecule has 2 heterocycles. The standard InChI is InChI=1S/C20H19N5O.C2HF3O/c1-22-11-13-9-10-25(12-13)15-7-5-14(6-8-15)20-23-17-4-2-3-16(19(21)26)18(17)24-20;3-2(4,5)1-6/h2-10,12,22H,11H2,1H3,(H2,21,26)(H,23,24);1H. The van der Waals surface area contributed by atoms with Gasteiger partial charge in [0.25, 0.3) is 5.91 Å². The van der Waals surface area contributed by atoms with E-state index in [1.807, 2.05) is 43.6 Å². The topological polar surface area (TPSA) is 106 Å². The van der Waals surface area contributed by atoms with Crippen molar-refractivity contribution in [3.63, 3.8) is 0 Å². The van der Waals surface area contributed by atoms with Crippen LogP contribution in [-0.2, 0) is 11.3 Å². The zero-order valence-corrected chi connectivity index (χ0v) is 17.0. The molecular formula is C22H20F3N5O2. The third kappa shape index (κ3) is 5.41. The Morgan fingerprint density at radius 3 is 2.47 bits per heavy atom. The number of halogens is 3. The van der Waals surface area contributed by atoms with E-state index in [2.05, 4.69) is 32.1 Å². The van der Waals surface area contributed by atoms with E-state index in [-0.39, 0.29) is 0 Å². The van der Waals surface area contributed by atoms with Crippen molar-refractivity contribution in [3.05, 3.63) is 72.1 Å². The molecule has 0 fully saturated rings. The van der Waals surface area contributed by atoms with Gasteiger partial charge in [0.2, 0.25) is 6.29 Å². The highest BCUT2D eigenvalue weighted by Gasteiger charge is 2.24. The fourth-order valence-electron chi connectivity index (χ4n) is 3.07. The lowest BCUT2D eigenvalue weighted by atomic mass is 10.2. The van der Waals surface area contributed by atoms with Crippen molar-refractivity contribution in [2.24, 2.45) is 5.73 Å². The van der Waals surface area contributed by atoms with Gasteiger partial charge in [-0.3, -0.25) is 9.59 Å². The summed E-state index contributed by atoms with van der Waals surface area (Å²) in [5.41, 5.74) is 10.5. The third-order valence-corrected chi connectivity index (χ3v) is 4.49. The normalized spacial score (nSPS) is 11.1. The van der Waals surface area contributed by atoms with Gasteiger partial charge in [-0.2, -0.15) is 13.2 Å². The van der Waals surface area contributed by atoms with Crippen LogP contribution in [0, 0.1) is 0 Å². The van der Waals surface area contributed by atoms with Crippen molar-refractivity contribution in [1.82, 2.24) is 19.9 Å². The maximum Gasteiger partial charge on any atom is 0.446 e. The highest BCUT2D eigenvalue weighted by molar-refractivity contribution is 6.04. The van der Waals surface area contributed by atoms with Crippen LogP contribution in [0.1, 0.15) is 15.9 Å². The molecule has 32 heavy (non-hydrogen) atoms. The summed E-state index contributed by atoms with van der Waals surface area (Å²) < 4.78 is 33.3. The molecule has 0 aliphatic heterocycles. The van der Waals surface area contributed by atoms with Gasteiger partial charge in [0.1, 0.15) is 11.3 Å². The highest BCUT2D eigenvalue weighted by atomic mass is 19.4. The monoisotopic (exact) mass is 443 g/mol. The number of nitrogens with two attached hydrogens (primary N) is 1. The summed E-state index contributed by atoms with van der Waals surface area (Å²) in [4.78, 5) is 28.1. The first-order valence-electron chi connectivity index (χ1n) is 9.45. The van der Waals surface area contributed by atoms with E-state index in [9.17, 15) is 18.0 Å². The number of para-hydroxylation sites is 1.